The molecule has 0 aliphatic carbocycles. The van der Waals surface area contributed by atoms with Gasteiger partial charge in [0, 0.05) is 25.0 Å². The lowest BCUT2D eigenvalue weighted by molar-refractivity contribution is -0.0609. The molecule has 8 nitrogen and oxygen atoms in total. The normalized spacial score (nSPS) is 18.5. The smallest absolute Gasteiger partial charge is 0.321 e. The van der Waals surface area contributed by atoms with Gasteiger partial charge in [-0.1, -0.05) is 17.3 Å². The zero-order chi connectivity index (χ0) is 18.6. The zero-order valence-electron chi connectivity index (χ0n) is 14.6. The van der Waals surface area contributed by atoms with E-state index in [0.29, 0.717) is 17.3 Å². The number of carbonyl (C=O) groups is 1. The molecule has 1 fully saturated rings. The van der Waals surface area contributed by atoms with E-state index in [1.165, 1.54) is 11.3 Å². The number of nitrogens with zero attached hydrogens (tertiary/aromatic N) is 3. The minimum Gasteiger partial charge on any atom is -0.375 e. The molecule has 0 bridgehead atoms. The first kappa shape index (κ1) is 18.1. The first-order chi connectivity index (χ1) is 12.4. The Labute approximate surface area is 155 Å². The van der Waals surface area contributed by atoms with E-state index < -0.39 is 0 Å². The number of hydrogen-bond donors (Lipinski definition) is 3. The number of urea groups is 1. The van der Waals surface area contributed by atoms with Crippen molar-refractivity contribution in [2.24, 2.45) is 0 Å². The molecule has 1 aliphatic heterocycles. The molecular weight excluding hydrogens is 352 g/mol. The molecule has 3 rings (SSSR count). The van der Waals surface area contributed by atoms with Crippen molar-refractivity contribution in [3.05, 3.63) is 29.0 Å². The third-order valence-electron chi connectivity index (χ3n) is 3.76. The Balaban J connectivity index is 1.55. The largest absolute Gasteiger partial charge is 0.375 e. The summed E-state index contributed by atoms with van der Waals surface area (Å²) >= 11 is 1.30. The Kier molecular flexibility index (Phi) is 5.35. The van der Waals surface area contributed by atoms with Crippen molar-refractivity contribution in [2.75, 3.05) is 17.7 Å². The van der Waals surface area contributed by atoms with Crippen molar-refractivity contribution < 1.29 is 9.53 Å². The number of aromatic nitrogens is 3. The number of anilines is 2. The Hall–Kier alpha value is -2.70. The molecule has 2 aromatic heterocycles. The fourth-order valence-corrected chi connectivity index (χ4v) is 3.26. The number of nitrogen functional groups attached to an aromatic ring is 1. The molecule has 0 spiro atoms. The van der Waals surface area contributed by atoms with Gasteiger partial charge in [0.05, 0.1) is 22.2 Å². The van der Waals surface area contributed by atoms with Gasteiger partial charge in [0.2, 0.25) is 5.95 Å². The van der Waals surface area contributed by atoms with Gasteiger partial charge in [-0.3, -0.25) is 5.32 Å². The maximum atomic E-state index is 12.2. The lowest BCUT2D eigenvalue weighted by Gasteiger charge is -2.35. The molecule has 1 atom stereocenters. The Morgan fingerprint density at radius 2 is 2.08 bits per heavy atom. The van der Waals surface area contributed by atoms with Crippen LogP contribution >= 0.6 is 11.3 Å². The van der Waals surface area contributed by atoms with Gasteiger partial charge in [-0.15, -0.1) is 0 Å². The van der Waals surface area contributed by atoms with Crippen LogP contribution in [-0.2, 0) is 4.74 Å². The van der Waals surface area contributed by atoms with Gasteiger partial charge >= 0.3 is 6.03 Å². The summed E-state index contributed by atoms with van der Waals surface area (Å²) in [6.07, 6.45) is 6.30. The number of nitrogens with two attached hydrogens (primary N) is 1. The molecule has 9 heteroatoms. The Bertz CT molecular complexity index is 837. The summed E-state index contributed by atoms with van der Waals surface area (Å²) < 4.78 is 5.66. The fraction of sp³-hybridized carbons (Fsp3) is 0.412. The van der Waals surface area contributed by atoms with E-state index in [2.05, 4.69) is 37.4 Å². The van der Waals surface area contributed by atoms with E-state index in [1.807, 2.05) is 13.8 Å². The summed E-state index contributed by atoms with van der Waals surface area (Å²) in [4.78, 5) is 24.8. The van der Waals surface area contributed by atoms with E-state index in [4.69, 9.17) is 10.5 Å². The predicted octanol–water partition coefficient (Wildman–Crippen LogP) is 1.99. The third kappa shape index (κ3) is 5.15. The molecule has 2 aromatic rings. The van der Waals surface area contributed by atoms with Crippen LogP contribution in [0.5, 0.6) is 0 Å². The van der Waals surface area contributed by atoms with E-state index in [1.54, 1.807) is 18.6 Å². The molecule has 1 aliphatic rings. The average Bonchev–Trinajstić information content (AvgIpc) is 3.00. The standard InChI is InChI=1S/C17H20N6O2S/c1-17(2)7-12(5-6-25-17)22-15(24)23-16-21-10-13(26-16)4-3-11-8-19-14(18)20-9-11/h8-10,12H,5-7H2,1-2H3,(H2,18,19,20)(H2,21,22,23,24). The van der Waals surface area contributed by atoms with E-state index >= 15 is 0 Å². The van der Waals surface area contributed by atoms with Crippen molar-refractivity contribution in [1.82, 2.24) is 20.3 Å². The van der Waals surface area contributed by atoms with Gasteiger partial charge < -0.3 is 15.8 Å². The SMILES string of the molecule is CC1(C)CC(NC(=O)Nc2ncc(C#Cc3cnc(N)nc3)s2)CCO1. The fourth-order valence-electron chi connectivity index (χ4n) is 2.60. The lowest BCUT2D eigenvalue weighted by atomic mass is 9.94. The molecule has 136 valence electrons. The van der Waals surface area contributed by atoms with Gasteiger partial charge in [0.25, 0.3) is 0 Å². The topological polar surface area (TPSA) is 115 Å². The van der Waals surface area contributed by atoms with Crippen molar-refractivity contribution in [3.8, 4) is 11.8 Å². The summed E-state index contributed by atoms with van der Waals surface area (Å²) in [6, 6.07) is -0.183. The molecular formula is C17H20N6O2S. The molecule has 0 radical (unpaired) electrons. The monoisotopic (exact) mass is 372 g/mol. The first-order valence-electron chi connectivity index (χ1n) is 8.16. The minimum atomic E-state index is -0.270. The molecule has 2 amide bonds. The van der Waals surface area contributed by atoms with Crippen LogP contribution in [0.4, 0.5) is 15.9 Å². The zero-order valence-corrected chi connectivity index (χ0v) is 15.4. The predicted molar refractivity (Wildman–Crippen MR) is 99.7 cm³/mol. The molecule has 3 heterocycles. The number of nitrogens with one attached hydrogen (secondary N) is 2. The Morgan fingerprint density at radius 1 is 1.31 bits per heavy atom. The highest BCUT2D eigenvalue weighted by Crippen LogP contribution is 2.24. The average molecular weight is 372 g/mol. The number of carbonyl (C=O) groups excluding carboxylic acids is 1. The minimum absolute atomic E-state index is 0.0866. The van der Waals surface area contributed by atoms with Crippen molar-refractivity contribution in [2.45, 2.75) is 38.3 Å². The number of ether oxygens (including phenoxy) is 1. The lowest BCUT2D eigenvalue weighted by Crippen LogP contribution is -2.47. The number of hydrogen-bond acceptors (Lipinski definition) is 7. The highest BCUT2D eigenvalue weighted by molar-refractivity contribution is 7.16. The maximum absolute atomic E-state index is 12.2. The van der Waals surface area contributed by atoms with Crippen LogP contribution in [0.25, 0.3) is 0 Å². The van der Waals surface area contributed by atoms with Crippen LogP contribution in [0.15, 0.2) is 18.6 Å². The molecule has 4 N–H and O–H groups in total. The number of rotatable bonds is 2. The summed E-state index contributed by atoms with van der Waals surface area (Å²) in [5.41, 5.74) is 5.87. The molecule has 1 saturated heterocycles. The van der Waals surface area contributed by atoms with Gasteiger partial charge in [0.1, 0.15) is 0 Å². The number of thiazole rings is 1. The van der Waals surface area contributed by atoms with Gasteiger partial charge in [0.15, 0.2) is 5.13 Å². The second-order valence-electron chi connectivity index (χ2n) is 6.51. The van der Waals surface area contributed by atoms with Crippen LogP contribution in [0.3, 0.4) is 0 Å². The molecule has 0 aromatic carbocycles. The number of amides is 2. The molecule has 26 heavy (non-hydrogen) atoms. The van der Waals surface area contributed by atoms with Gasteiger partial charge in [-0.25, -0.2) is 19.7 Å². The van der Waals surface area contributed by atoms with Crippen molar-refractivity contribution >= 4 is 28.4 Å². The van der Waals surface area contributed by atoms with Gasteiger partial charge in [-0.05, 0) is 32.6 Å². The summed E-state index contributed by atoms with van der Waals surface area (Å²) in [5, 5.41) is 6.21. The van der Waals surface area contributed by atoms with Crippen molar-refractivity contribution in [1.29, 1.82) is 0 Å². The van der Waals surface area contributed by atoms with E-state index in [9.17, 15) is 4.79 Å². The maximum Gasteiger partial charge on any atom is 0.321 e. The van der Waals surface area contributed by atoms with Crippen molar-refractivity contribution in [3.63, 3.8) is 0 Å². The second kappa shape index (κ2) is 7.68. The first-order valence-corrected chi connectivity index (χ1v) is 8.98. The molecule has 1 unspecified atom stereocenters. The summed E-state index contributed by atoms with van der Waals surface area (Å²) in [5.74, 6) is 6.10. The van der Waals surface area contributed by atoms with E-state index in [-0.39, 0.29) is 23.6 Å². The van der Waals surface area contributed by atoms with Crippen LogP contribution in [0, 0.1) is 11.8 Å². The van der Waals surface area contributed by atoms with Crippen LogP contribution < -0.4 is 16.4 Å². The molecule has 0 saturated carbocycles. The van der Waals surface area contributed by atoms with Crippen LogP contribution in [0.2, 0.25) is 0 Å². The highest BCUT2D eigenvalue weighted by Gasteiger charge is 2.29. The van der Waals surface area contributed by atoms with E-state index in [0.717, 1.165) is 17.7 Å². The van der Waals surface area contributed by atoms with Crippen LogP contribution in [0.1, 0.15) is 37.1 Å². The van der Waals surface area contributed by atoms with Gasteiger partial charge in [-0.2, -0.15) is 0 Å². The quantitative estimate of drug-likeness (QED) is 0.695. The summed E-state index contributed by atoms with van der Waals surface area (Å²) in [7, 11) is 0. The summed E-state index contributed by atoms with van der Waals surface area (Å²) in [6.45, 7) is 4.69. The third-order valence-corrected chi connectivity index (χ3v) is 4.59. The second-order valence-corrected chi connectivity index (χ2v) is 7.54. The van der Waals surface area contributed by atoms with Crippen LogP contribution in [-0.4, -0.2) is 39.2 Å². The highest BCUT2D eigenvalue weighted by atomic mass is 32.1. The Morgan fingerprint density at radius 3 is 2.81 bits per heavy atom.